The third-order valence-electron chi connectivity index (χ3n) is 12.9. The molecule has 9 heteroatoms. The molecule has 3 aromatic rings. The molecule has 6 fully saturated rings. The number of aliphatic hydroxyl groups is 1. The van der Waals surface area contributed by atoms with Gasteiger partial charge in [-0.1, -0.05) is 67.6 Å². The number of rotatable bonds is 10. The minimum atomic E-state index is -0.635. The van der Waals surface area contributed by atoms with Gasteiger partial charge < -0.3 is 30.0 Å². The van der Waals surface area contributed by atoms with Crippen LogP contribution in [-0.4, -0.2) is 58.4 Å². The van der Waals surface area contributed by atoms with Crippen LogP contribution in [0.3, 0.4) is 0 Å². The van der Waals surface area contributed by atoms with Crippen LogP contribution in [0.2, 0.25) is 0 Å². The molecule has 4 saturated carbocycles. The summed E-state index contributed by atoms with van der Waals surface area (Å²) < 4.78 is 19.5. The molecule has 9 nitrogen and oxygen atoms in total. The fourth-order valence-corrected chi connectivity index (χ4v) is 10.7. The summed E-state index contributed by atoms with van der Waals surface area (Å²) in [5.41, 5.74) is 5.35. The molecule has 6 aliphatic rings. The van der Waals surface area contributed by atoms with Crippen LogP contribution < -0.4 is 10.6 Å². The summed E-state index contributed by atoms with van der Waals surface area (Å²) in [5.74, 6) is 2.16. The van der Waals surface area contributed by atoms with Crippen LogP contribution in [0.1, 0.15) is 114 Å². The highest BCUT2D eigenvalue weighted by atomic mass is 16.7. The van der Waals surface area contributed by atoms with Crippen molar-refractivity contribution in [2.75, 3.05) is 13.1 Å². The second kappa shape index (κ2) is 15.6. The van der Waals surface area contributed by atoms with E-state index in [1.54, 1.807) is 0 Å². The summed E-state index contributed by atoms with van der Waals surface area (Å²) in [6, 6.07) is 24.3. The Bertz CT molecular complexity index is 1800. The van der Waals surface area contributed by atoms with Gasteiger partial charge in [0.15, 0.2) is 6.29 Å². The van der Waals surface area contributed by atoms with E-state index in [0.717, 1.165) is 89.8 Å². The lowest BCUT2D eigenvalue weighted by molar-refractivity contribution is -0.276. The van der Waals surface area contributed by atoms with E-state index < -0.39 is 11.9 Å². The highest BCUT2D eigenvalue weighted by Crippen LogP contribution is 2.55. The molecule has 4 aliphatic carbocycles. The molecular formula is C46H59N3O6. The van der Waals surface area contributed by atoms with Crippen LogP contribution in [0.4, 0.5) is 4.79 Å². The van der Waals surface area contributed by atoms with Crippen molar-refractivity contribution in [2.24, 2.45) is 23.7 Å². The number of hydrogen-bond acceptors (Lipinski definition) is 7. The van der Waals surface area contributed by atoms with Crippen molar-refractivity contribution in [1.82, 2.24) is 15.5 Å². The molecule has 2 aliphatic heterocycles. The van der Waals surface area contributed by atoms with E-state index in [4.69, 9.17) is 14.2 Å². The second-order valence-electron chi connectivity index (χ2n) is 18.3. The molecule has 2 amide bonds. The lowest BCUT2D eigenvalue weighted by Crippen LogP contribution is -2.61. The van der Waals surface area contributed by atoms with Gasteiger partial charge in [-0.15, -0.1) is 0 Å². The lowest BCUT2D eigenvalue weighted by Gasteiger charge is -2.56. The summed E-state index contributed by atoms with van der Waals surface area (Å²) in [7, 11) is 0. The number of carbonyl (C=O) groups excluding carboxylic acids is 2. The van der Waals surface area contributed by atoms with E-state index in [0.29, 0.717) is 13.1 Å². The van der Waals surface area contributed by atoms with Gasteiger partial charge in [0.25, 0.3) is 0 Å². The molecule has 0 spiro atoms. The lowest BCUT2D eigenvalue weighted by atomic mass is 9.53. The van der Waals surface area contributed by atoms with Gasteiger partial charge in [0.2, 0.25) is 0 Å². The van der Waals surface area contributed by atoms with Crippen molar-refractivity contribution in [2.45, 2.75) is 128 Å². The summed E-state index contributed by atoms with van der Waals surface area (Å²) in [6.07, 6.45) is 8.04. The van der Waals surface area contributed by atoms with Gasteiger partial charge in [-0.3, -0.25) is 9.69 Å². The summed E-state index contributed by atoms with van der Waals surface area (Å²) in [4.78, 5) is 28.7. The van der Waals surface area contributed by atoms with Crippen molar-refractivity contribution in [3.8, 4) is 11.1 Å². The predicted octanol–water partition coefficient (Wildman–Crippen LogP) is 8.21. The molecule has 0 aromatic heterocycles. The Labute approximate surface area is 326 Å². The van der Waals surface area contributed by atoms with Gasteiger partial charge in [0.1, 0.15) is 11.6 Å². The Kier molecular flexibility index (Phi) is 10.8. The quantitative estimate of drug-likeness (QED) is 0.179. The van der Waals surface area contributed by atoms with Crippen molar-refractivity contribution in [1.29, 1.82) is 0 Å². The molecule has 3 aromatic carbocycles. The maximum Gasteiger partial charge on any atom is 0.323 e. The Morgan fingerprint density at radius 2 is 1.55 bits per heavy atom. The van der Waals surface area contributed by atoms with E-state index in [1.165, 1.54) is 19.3 Å². The number of urea groups is 1. The molecule has 9 rings (SSSR count). The summed E-state index contributed by atoms with van der Waals surface area (Å²) in [5, 5.41) is 16.3. The van der Waals surface area contributed by atoms with Crippen LogP contribution in [-0.2, 0) is 32.2 Å². The Hall–Kier alpha value is -3.76. The highest BCUT2D eigenvalue weighted by Gasteiger charge is 2.51. The maximum atomic E-state index is 13.3. The molecule has 55 heavy (non-hydrogen) atoms. The third-order valence-corrected chi connectivity index (χ3v) is 12.9. The number of nitrogens with one attached hydrogen (secondary N) is 2. The average Bonchev–Trinajstić information content (AvgIpc) is 3.62. The van der Waals surface area contributed by atoms with Crippen LogP contribution in [0.25, 0.3) is 11.1 Å². The SMILES string of the molecule is C[C@@H]1[C@H](CN2CCC[C@H]2C(=O)OC(C)(C)C)O[C@H](c2cccc(-c3cccc(CNC(=O)NC45CC6CC(CC(C6)C4)C5)c3)c2)O[C@@H]1c1ccc(CO)cc1. The minimum Gasteiger partial charge on any atom is -0.459 e. The number of ether oxygens (including phenoxy) is 3. The van der Waals surface area contributed by atoms with Crippen molar-refractivity contribution in [3.63, 3.8) is 0 Å². The van der Waals surface area contributed by atoms with Crippen molar-refractivity contribution >= 4 is 12.0 Å². The largest absolute Gasteiger partial charge is 0.459 e. The normalized spacial score (nSPS) is 31.7. The molecule has 2 saturated heterocycles. The van der Waals surface area contributed by atoms with Gasteiger partial charge in [-0.25, -0.2) is 4.79 Å². The minimum absolute atomic E-state index is 0.0105. The van der Waals surface area contributed by atoms with E-state index in [2.05, 4.69) is 52.8 Å². The van der Waals surface area contributed by atoms with Crippen LogP contribution in [0.15, 0.2) is 72.8 Å². The van der Waals surface area contributed by atoms with E-state index >= 15 is 0 Å². The fourth-order valence-electron chi connectivity index (χ4n) is 10.7. The van der Waals surface area contributed by atoms with E-state index in [9.17, 15) is 14.7 Å². The molecule has 5 atom stereocenters. The van der Waals surface area contributed by atoms with Gasteiger partial charge in [-0.05, 0) is 136 Å². The Balaban J connectivity index is 0.976. The topological polar surface area (TPSA) is 109 Å². The van der Waals surface area contributed by atoms with Gasteiger partial charge in [-0.2, -0.15) is 0 Å². The molecular weight excluding hydrogens is 691 g/mol. The third kappa shape index (κ3) is 8.65. The number of benzene rings is 3. The smallest absolute Gasteiger partial charge is 0.323 e. The first kappa shape index (κ1) is 38.1. The van der Waals surface area contributed by atoms with Gasteiger partial charge in [0, 0.05) is 30.1 Å². The average molecular weight is 750 g/mol. The zero-order valence-corrected chi connectivity index (χ0v) is 33.0. The zero-order chi connectivity index (χ0) is 38.3. The standard InChI is InChI=1S/C46H59N3O6/c1-29-40(27-49-17-7-12-39(49)42(51)55-45(2,3)4)53-43(54-41(29)35-15-13-30(28-50)14-16-35)38-11-6-10-37(22-38)36-9-5-8-31(21-36)26-47-44(52)48-46-23-32-18-33(24-46)20-34(19-32)25-46/h5-6,8-11,13-16,21-22,29,32-34,39-41,43,50H,7,12,17-20,23-28H2,1-4H3,(H2,47,48,52)/t29-,32?,33?,34?,39+,40+,41+,43+,46?/m1/s1. The first-order chi connectivity index (χ1) is 26.4. The Morgan fingerprint density at radius 3 is 2.22 bits per heavy atom. The van der Waals surface area contributed by atoms with Gasteiger partial charge >= 0.3 is 12.0 Å². The summed E-state index contributed by atoms with van der Waals surface area (Å²) in [6.45, 7) is 9.72. The first-order valence-electron chi connectivity index (χ1n) is 20.7. The molecule has 2 heterocycles. The number of amides is 2. The monoisotopic (exact) mass is 749 g/mol. The van der Waals surface area contributed by atoms with Crippen LogP contribution in [0.5, 0.6) is 0 Å². The summed E-state index contributed by atoms with van der Waals surface area (Å²) >= 11 is 0. The fraction of sp³-hybridized carbons (Fsp3) is 0.565. The number of likely N-dealkylation sites (tertiary alicyclic amines) is 1. The Morgan fingerprint density at radius 1 is 0.873 bits per heavy atom. The number of carbonyl (C=O) groups is 2. The van der Waals surface area contributed by atoms with Crippen LogP contribution >= 0.6 is 0 Å². The van der Waals surface area contributed by atoms with E-state index in [1.807, 2.05) is 63.2 Å². The number of esters is 1. The molecule has 3 N–H and O–H groups in total. The second-order valence-corrected chi connectivity index (χ2v) is 18.3. The first-order valence-corrected chi connectivity index (χ1v) is 20.7. The predicted molar refractivity (Wildman–Crippen MR) is 212 cm³/mol. The highest BCUT2D eigenvalue weighted by molar-refractivity contribution is 5.76. The molecule has 0 radical (unpaired) electrons. The number of hydrogen-bond donors (Lipinski definition) is 3. The zero-order valence-electron chi connectivity index (χ0n) is 33.0. The van der Waals surface area contributed by atoms with Crippen molar-refractivity contribution < 1.29 is 28.9 Å². The molecule has 294 valence electrons. The maximum absolute atomic E-state index is 13.3. The number of aliphatic hydroxyl groups excluding tert-OH is 1. The van der Waals surface area contributed by atoms with E-state index in [-0.39, 0.29) is 48.3 Å². The molecule has 4 bridgehead atoms. The molecule has 0 unspecified atom stereocenters. The van der Waals surface area contributed by atoms with Crippen LogP contribution in [0, 0.1) is 23.7 Å². The van der Waals surface area contributed by atoms with Gasteiger partial charge in [0.05, 0.1) is 18.8 Å². The number of nitrogens with zero attached hydrogens (tertiary/aromatic N) is 1. The van der Waals surface area contributed by atoms with Crippen molar-refractivity contribution in [3.05, 3.63) is 95.1 Å².